The number of imidazole rings is 1. The highest BCUT2D eigenvalue weighted by Crippen LogP contribution is 2.48. The van der Waals surface area contributed by atoms with Crippen LogP contribution in [0.5, 0.6) is 0 Å². The van der Waals surface area contributed by atoms with Crippen molar-refractivity contribution >= 4 is 33.8 Å². The number of fused-ring (bicyclic) bond motifs is 2. The number of rotatable bonds is 5. The van der Waals surface area contributed by atoms with Crippen molar-refractivity contribution in [1.82, 2.24) is 24.8 Å². The van der Waals surface area contributed by atoms with Crippen LogP contribution in [0, 0.1) is 11.2 Å². The van der Waals surface area contributed by atoms with Crippen LogP contribution in [0.2, 0.25) is 0 Å². The lowest BCUT2D eigenvalue weighted by Gasteiger charge is -2.50. The Kier molecular flexibility index (Phi) is 6.82. The van der Waals surface area contributed by atoms with Gasteiger partial charge in [0.1, 0.15) is 12.1 Å². The number of benzene rings is 3. The van der Waals surface area contributed by atoms with Crippen molar-refractivity contribution in [2.75, 3.05) is 13.1 Å². The van der Waals surface area contributed by atoms with Gasteiger partial charge in [0.15, 0.2) is 0 Å². The average molecular weight is 592 g/mol. The van der Waals surface area contributed by atoms with Crippen molar-refractivity contribution in [2.24, 2.45) is 5.41 Å². The zero-order chi connectivity index (χ0) is 30.6. The largest absolute Gasteiger partial charge is 0.384 e. The van der Waals surface area contributed by atoms with Gasteiger partial charge in [-0.2, -0.15) is 0 Å². The van der Waals surface area contributed by atoms with Crippen molar-refractivity contribution in [2.45, 2.75) is 51.2 Å². The first-order valence-electron chi connectivity index (χ1n) is 15.0. The highest BCUT2D eigenvalue weighted by molar-refractivity contribution is 6.01. The predicted octanol–water partition coefficient (Wildman–Crippen LogP) is 5.35. The fourth-order valence-corrected chi connectivity index (χ4v) is 6.95. The van der Waals surface area contributed by atoms with E-state index in [9.17, 15) is 14.7 Å². The summed E-state index contributed by atoms with van der Waals surface area (Å²) in [4.78, 5) is 35.3. The van der Waals surface area contributed by atoms with E-state index in [1.165, 1.54) is 0 Å². The van der Waals surface area contributed by atoms with E-state index < -0.39 is 28.7 Å². The zero-order valence-corrected chi connectivity index (χ0v) is 24.8. The van der Waals surface area contributed by atoms with Crippen LogP contribution in [0.4, 0.5) is 4.39 Å². The molecule has 3 aromatic carbocycles. The number of nitrogens with one attached hydrogen (secondary N) is 1. The lowest BCUT2D eigenvalue weighted by atomic mass is 9.66. The number of nitrogens with zero attached hydrogens (tertiary/aromatic N) is 4. The molecule has 2 N–H and O–H groups in total. The van der Waals surface area contributed by atoms with Crippen LogP contribution in [0.25, 0.3) is 27.6 Å². The normalized spacial score (nSPS) is 22.4. The summed E-state index contributed by atoms with van der Waals surface area (Å²) in [5.41, 5.74) is 3.40. The Balaban J connectivity index is 1.10. The third kappa shape index (κ3) is 4.76. The van der Waals surface area contributed by atoms with E-state index in [1.807, 2.05) is 38.4 Å². The predicted molar refractivity (Wildman–Crippen MR) is 165 cm³/mol. The Morgan fingerprint density at radius 2 is 1.82 bits per heavy atom. The summed E-state index contributed by atoms with van der Waals surface area (Å²) in [6.07, 6.45) is 4.36. The van der Waals surface area contributed by atoms with Gasteiger partial charge in [0, 0.05) is 54.3 Å². The third-order valence-corrected chi connectivity index (χ3v) is 9.51. The number of halogens is 1. The summed E-state index contributed by atoms with van der Waals surface area (Å²) in [6.45, 7) is 5.84. The van der Waals surface area contributed by atoms with Crippen molar-refractivity contribution in [3.8, 4) is 5.69 Å². The fraction of sp³-hybridized carbons (Fsp3) is 0.314. The monoisotopic (exact) mass is 591 g/mol. The first kappa shape index (κ1) is 28.3. The molecular weight excluding hydrogens is 557 g/mol. The molecule has 0 saturated carbocycles. The molecule has 2 saturated heterocycles. The molecule has 5 aromatic rings. The SMILES string of the molecule is CC1(C)CN(Cc2ccc(-n3cnc4ccccc43)cc2)CCC1(O)c1ccc2ncc(C3CCC(=O)NC3=O)cc2c1F. The Labute approximate surface area is 254 Å². The molecular formula is C35H34FN5O3. The Morgan fingerprint density at radius 1 is 1.02 bits per heavy atom. The third-order valence-electron chi connectivity index (χ3n) is 9.51. The molecule has 4 heterocycles. The Morgan fingerprint density at radius 3 is 2.59 bits per heavy atom. The molecule has 44 heavy (non-hydrogen) atoms. The van der Waals surface area contributed by atoms with Crippen LogP contribution >= 0.6 is 0 Å². The molecule has 0 spiro atoms. The molecule has 7 rings (SSSR count). The summed E-state index contributed by atoms with van der Waals surface area (Å²) >= 11 is 0. The van der Waals surface area contributed by atoms with Crippen LogP contribution in [0.3, 0.4) is 0 Å². The van der Waals surface area contributed by atoms with Crippen LogP contribution in [-0.4, -0.2) is 49.4 Å². The van der Waals surface area contributed by atoms with Gasteiger partial charge in [-0.05, 0) is 60.4 Å². The Hall–Kier alpha value is -4.47. The van der Waals surface area contributed by atoms with E-state index in [2.05, 4.69) is 55.1 Å². The second-order valence-electron chi connectivity index (χ2n) is 12.7. The highest BCUT2D eigenvalue weighted by atomic mass is 19.1. The van der Waals surface area contributed by atoms with Gasteiger partial charge < -0.3 is 5.11 Å². The van der Waals surface area contributed by atoms with Crippen molar-refractivity contribution in [3.63, 3.8) is 0 Å². The van der Waals surface area contributed by atoms with Gasteiger partial charge >= 0.3 is 0 Å². The number of imide groups is 1. The zero-order valence-electron chi connectivity index (χ0n) is 24.8. The van der Waals surface area contributed by atoms with Gasteiger partial charge in [-0.3, -0.25) is 29.4 Å². The minimum Gasteiger partial charge on any atom is -0.384 e. The Bertz CT molecular complexity index is 1920. The van der Waals surface area contributed by atoms with Gasteiger partial charge in [-0.1, -0.05) is 44.2 Å². The number of hydrogen-bond acceptors (Lipinski definition) is 6. The number of amides is 2. The molecule has 9 heteroatoms. The number of piperidine rings is 2. The molecule has 2 aromatic heterocycles. The van der Waals surface area contributed by atoms with Gasteiger partial charge in [0.2, 0.25) is 11.8 Å². The van der Waals surface area contributed by atoms with Crippen molar-refractivity contribution < 1.29 is 19.1 Å². The van der Waals surface area contributed by atoms with Crippen LogP contribution in [-0.2, 0) is 21.7 Å². The molecule has 8 nitrogen and oxygen atoms in total. The summed E-state index contributed by atoms with van der Waals surface area (Å²) in [5.74, 6) is -1.78. The van der Waals surface area contributed by atoms with Crippen molar-refractivity contribution in [3.05, 3.63) is 102 Å². The number of aliphatic hydroxyl groups is 1. The first-order valence-corrected chi connectivity index (χ1v) is 15.0. The second-order valence-corrected chi connectivity index (χ2v) is 12.7. The van der Waals surface area contributed by atoms with Gasteiger partial charge in [-0.25, -0.2) is 9.37 Å². The van der Waals surface area contributed by atoms with E-state index in [0.717, 1.165) is 22.3 Å². The lowest BCUT2D eigenvalue weighted by Crippen LogP contribution is -2.55. The molecule has 2 atom stereocenters. The van der Waals surface area contributed by atoms with E-state index in [1.54, 1.807) is 24.4 Å². The molecule has 2 amide bonds. The van der Waals surface area contributed by atoms with E-state index in [4.69, 9.17) is 0 Å². The lowest BCUT2D eigenvalue weighted by molar-refractivity contribution is -0.134. The van der Waals surface area contributed by atoms with E-state index in [0.29, 0.717) is 43.6 Å². The first-order chi connectivity index (χ1) is 21.1. The number of para-hydroxylation sites is 2. The maximum atomic E-state index is 16.3. The maximum Gasteiger partial charge on any atom is 0.234 e. The summed E-state index contributed by atoms with van der Waals surface area (Å²) < 4.78 is 18.3. The number of pyridine rings is 1. The molecule has 2 unspecified atom stereocenters. The average Bonchev–Trinajstić information content (AvgIpc) is 3.44. The molecule has 2 fully saturated rings. The minimum atomic E-state index is -1.40. The number of likely N-dealkylation sites (tertiary alicyclic amines) is 1. The summed E-state index contributed by atoms with van der Waals surface area (Å²) in [7, 11) is 0. The van der Waals surface area contributed by atoms with Gasteiger partial charge in [0.05, 0.1) is 28.1 Å². The van der Waals surface area contributed by atoms with Gasteiger partial charge in [0.25, 0.3) is 0 Å². The second kappa shape index (κ2) is 10.6. The molecule has 0 bridgehead atoms. The number of aromatic nitrogens is 3. The molecule has 0 aliphatic carbocycles. The molecule has 0 radical (unpaired) electrons. The van der Waals surface area contributed by atoms with Crippen LogP contribution in [0.1, 0.15) is 55.7 Å². The number of hydrogen-bond donors (Lipinski definition) is 2. The molecule has 224 valence electrons. The quantitative estimate of drug-likeness (QED) is 0.267. The van der Waals surface area contributed by atoms with E-state index >= 15 is 4.39 Å². The highest BCUT2D eigenvalue weighted by Gasteiger charge is 2.50. The molecule has 2 aliphatic heterocycles. The smallest absolute Gasteiger partial charge is 0.234 e. The molecule has 2 aliphatic rings. The summed E-state index contributed by atoms with van der Waals surface area (Å²) in [5, 5.41) is 14.7. The number of carbonyl (C=O) groups is 2. The van der Waals surface area contributed by atoms with Gasteiger partial charge in [-0.15, -0.1) is 0 Å². The summed E-state index contributed by atoms with van der Waals surface area (Å²) in [6, 6.07) is 21.5. The topological polar surface area (TPSA) is 100 Å². The number of carbonyl (C=O) groups excluding carboxylic acids is 2. The maximum absolute atomic E-state index is 16.3. The van der Waals surface area contributed by atoms with Crippen molar-refractivity contribution in [1.29, 1.82) is 0 Å². The van der Waals surface area contributed by atoms with E-state index in [-0.39, 0.29) is 23.3 Å². The van der Waals surface area contributed by atoms with Crippen LogP contribution < -0.4 is 5.32 Å². The standard InChI is InChI=1S/C35H34FN5O3/c1-34(2)20-40(19-22-7-9-24(10-8-22)41-21-38-29-5-3-4-6-30(29)41)16-15-35(34,44)27-12-13-28-26(32(27)36)17-23(18-37-28)25-11-14-31(42)39-33(25)43/h3-10,12-13,17-18,21,25,44H,11,14-16,19-20H2,1-2H3,(H,39,42,43). The minimum absolute atomic E-state index is 0.230. The fourth-order valence-electron chi connectivity index (χ4n) is 6.95. The van der Waals surface area contributed by atoms with Crippen LogP contribution in [0.15, 0.2) is 79.3 Å².